The molecule has 1 aromatic heterocycles. The molecule has 0 amide bonds. The first-order valence-corrected chi connectivity index (χ1v) is 7.57. The van der Waals surface area contributed by atoms with Crippen molar-refractivity contribution in [3.05, 3.63) is 59.7 Å². The molecule has 2 atom stereocenters. The first-order valence-electron chi connectivity index (χ1n) is 7.57. The van der Waals surface area contributed by atoms with Crippen LogP contribution in [0.15, 0.2) is 42.9 Å². The molecule has 0 fully saturated rings. The van der Waals surface area contributed by atoms with Gasteiger partial charge in [-0.15, -0.1) is 0 Å². The molecular formula is C17H21N3O. The number of aromatic nitrogens is 2. The molecule has 1 aliphatic heterocycles. The zero-order valence-corrected chi connectivity index (χ0v) is 12.3. The van der Waals surface area contributed by atoms with E-state index in [1.54, 1.807) is 12.5 Å². The summed E-state index contributed by atoms with van der Waals surface area (Å²) in [5.74, 6) is 0. The molecule has 1 aromatic carbocycles. The lowest BCUT2D eigenvalue weighted by Crippen LogP contribution is -2.26. The SMILES string of the molecule is CCNC(CC1OCCc2ccccc21)c1ccncn1. The molecule has 1 aliphatic rings. The number of nitrogens with zero attached hydrogens (tertiary/aromatic N) is 2. The summed E-state index contributed by atoms with van der Waals surface area (Å²) in [4.78, 5) is 8.39. The van der Waals surface area contributed by atoms with Crippen LogP contribution in [-0.2, 0) is 11.2 Å². The Labute approximate surface area is 125 Å². The molecule has 110 valence electrons. The average Bonchev–Trinajstić information content (AvgIpc) is 2.55. The maximum Gasteiger partial charge on any atom is 0.115 e. The van der Waals surface area contributed by atoms with Crippen LogP contribution in [0.4, 0.5) is 0 Å². The molecule has 1 N–H and O–H groups in total. The molecule has 0 saturated heterocycles. The van der Waals surface area contributed by atoms with Crippen LogP contribution in [0.25, 0.3) is 0 Å². The van der Waals surface area contributed by atoms with Crippen LogP contribution >= 0.6 is 0 Å². The van der Waals surface area contributed by atoms with Crippen LogP contribution in [0.1, 0.15) is 42.3 Å². The fraction of sp³-hybridized carbons (Fsp3) is 0.412. The van der Waals surface area contributed by atoms with E-state index in [2.05, 4.69) is 46.5 Å². The first-order chi connectivity index (χ1) is 10.4. The molecule has 2 aromatic rings. The second-order valence-corrected chi connectivity index (χ2v) is 5.29. The van der Waals surface area contributed by atoms with Gasteiger partial charge in [0.1, 0.15) is 6.33 Å². The highest BCUT2D eigenvalue weighted by Gasteiger charge is 2.25. The van der Waals surface area contributed by atoms with Gasteiger partial charge >= 0.3 is 0 Å². The zero-order valence-electron chi connectivity index (χ0n) is 12.3. The van der Waals surface area contributed by atoms with E-state index in [0.29, 0.717) is 0 Å². The molecule has 4 nitrogen and oxygen atoms in total. The van der Waals surface area contributed by atoms with Crippen LogP contribution < -0.4 is 5.32 Å². The fourth-order valence-electron chi connectivity index (χ4n) is 2.95. The van der Waals surface area contributed by atoms with Gasteiger partial charge in [-0.05, 0) is 36.6 Å². The van der Waals surface area contributed by atoms with Crippen molar-refractivity contribution in [1.29, 1.82) is 0 Å². The summed E-state index contributed by atoms with van der Waals surface area (Å²) >= 11 is 0. The van der Waals surface area contributed by atoms with Crippen LogP contribution in [0.2, 0.25) is 0 Å². The largest absolute Gasteiger partial charge is 0.373 e. The molecule has 2 heterocycles. The fourth-order valence-corrected chi connectivity index (χ4v) is 2.95. The van der Waals surface area contributed by atoms with E-state index >= 15 is 0 Å². The van der Waals surface area contributed by atoms with E-state index in [4.69, 9.17) is 4.74 Å². The zero-order chi connectivity index (χ0) is 14.5. The number of ether oxygens (including phenoxy) is 1. The number of benzene rings is 1. The Kier molecular flexibility index (Phi) is 4.58. The van der Waals surface area contributed by atoms with Gasteiger partial charge in [-0.25, -0.2) is 9.97 Å². The van der Waals surface area contributed by atoms with Crippen molar-refractivity contribution < 1.29 is 4.74 Å². The Bertz CT molecular complexity index is 573. The number of fused-ring (bicyclic) bond motifs is 1. The Morgan fingerprint density at radius 2 is 2.24 bits per heavy atom. The highest BCUT2D eigenvalue weighted by Crippen LogP contribution is 2.33. The lowest BCUT2D eigenvalue weighted by atomic mass is 9.92. The predicted octanol–water partition coefficient (Wildman–Crippen LogP) is 2.83. The highest BCUT2D eigenvalue weighted by molar-refractivity contribution is 5.31. The minimum Gasteiger partial charge on any atom is -0.373 e. The molecular weight excluding hydrogens is 262 g/mol. The number of hydrogen-bond donors (Lipinski definition) is 1. The summed E-state index contributed by atoms with van der Waals surface area (Å²) in [7, 11) is 0. The van der Waals surface area contributed by atoms with Crippen molar-refractivity contribution in [3.8, 4) is 0 Å². The van der Waals surface area contributed by atoms with Crippen molar-refractivity contribution in [3.63, 3.8) is 0 Å². The summed E-state index contributed by atoms with van der Waals surface area (Å²) in [5.41, 5.74) is 3.76. The monoisotopic (exact) mass is 283 g/mol. The van der Waals surface area contributed by atoms with E-state index in [9.17, 15) is 0 Å². The van der Waals surface area contributed by atoms with Gasteiger partial charge in [0.25, 0.3) is 0 Å². The standard InChI is InChI=1S/C17H21N3O/c1-2-19-16(15-7-9-18-12-20-15)11-17-14-6-4-3-5-13(14)8-10-21-17/h3-7,9,12,16-17,19H,2,8,10-11H2,1H3. The van der Waals surface area contributed by atoms with E-state index in [1.165, 1.54) is 11.1 Å². The third kappa shape index (κ3) is 3.28. The van der Waals surface area contributed by atoms with Crippen LogP contribution in [0.3, 0.4) is 0 Å². The van der Waals surface area contributed by atoms with Crippen LogP contribution in [0, 0.1) is 0 Å². The van der Waals surface area contributed by atoms with Gasteiger partial charge in [-0.2, -0.15) is 0 Å². The molecule has 0 aliphatic carbocycles. The Hall–Kier alpha value is -1.78. The maximum absolute atomic E-state index is 6.02. The van der Waals surface area contributed by atoms with Gasteiger partial charge < -0.3 is 10.1 Å². The summed E-state index contributed by atoms with van der Waals surface area (Å²) in [6.07, 6.45) is 5.43. The van der Waals surface area contributed by atoms with Crippen LogP contribution in [-0.4, -0.2) is 23.1 Å². The predicted molar refractivity (Wildman–Crippen MR) is 81.9 cm³/mol. The van der Waals surface area contributed by atoms with Gasteiger partial charge in [-0.3, -0.25) is 0 Å². The summed E-state index contributed by atoms with van der Waals surface area (Å²) in [5, 5.41) is 3.51. The molecule has 2 unspecified atom stereocenters. The average molecular weight is 283 g/mol. The topological polar surface area (TPSA) is 47.0 Å². The summed E-state index contributed by atoms with van der Waals surface area (Å²) in [6.45, 7) is 3.82. The number of nitrogens with one attached hydrogen (secondary N) is 1. The molecule has 0 saturated carbocycles. The number of hydrogen-bond acceptors (Lipinski definition) is 4. The molecule has 0 bridgehead atoms. The number of rotatable bonds is 5. The smallest absolute Gasteiger partial charge is 0.115 e. The molecule has 3 rings (SSSR count). The lowest BCUT2D eigenvalue weighted by molar-refractivity contribution is 0.0291. The van der Waals surface area contributed by atoms with E-state index < -0.39 is 0 Å². The third-order valence-electron chi connectivity index (χ3n) is 3.95. The lowest BCUT2D eigenvalue weighted by Gasteiger charge is -2.29. The Morgan fingerprint density at radius 1 is 1.33 bits per heavy atom. The van der Waals surface area contributed by atoms with Crippen molar-refractivity contribution in [2.75, 3.05) is 13.2 Å². The molecule has 0 radical (unpaired) electrons. The second kappa shape index (κ2) is 6.78. The van der Waals surface area contributed by atoms with E-state index in [-0.39, 0.29) is 12.1 Å². The van der Waals surface area contributed by atoms with Crippen LogP contribution in [0.5, 0.6) is 0 Å². The van der Waals surface area contributed by atoms with Gasteiger partial charge in [0.05, 0.1) is 24.4 Å². The van der Waals surface area contributed by atoms with Gasteiger partial charge in [0.15, 0.2) is 0 Å². The Balaban J connectivity index is 1.81. The summed E-state index contributed by atoms with van der Waals surface area (Å²) < 4.78 is 6.02. The van der Waals surface area contributed by atoms with Crippen molar-refractivity contribution in [1.82, 2.24) is 15.3 Å². The van der Waals surface area contributed by atoms with Gasteiger partial charge in [0.2, 0.25) is 0 Å². The molecule has 21 heavy (non-hydrogen) atoms. The van der Waals surface area contributed by atoms with E-state index in [0.717, 1.165) is 31.7 Å². The minimum atomic E-state index is 0.133. The van der Waals surface area contributed by atoms with Crippen molar-refractivity contribution in [2.45, 2.75) is 31.9 Å². The molecule has 4 heteroatoms. The third-order valence-corrected chi connectivity index (χ3v) is 3.95. The highest BCUT2D eigenvalue weighted by atomic mass is 16.5. The maximum atomic E-state index is 6.02. The van der Waals surface area contributed by atoms with Gasteiger partial charge in [-0.1, -0.05) is 31.2 Å². The van der Waals surface area contributed by atoms with Gasteiger partial charge in [0, 0.05) is 6.20 Å². The van der Waals surface area contributed by atoms with Crippen molar-refractivity contribution >= 4 is 0 Å². The van der Waals surface area contributed by atoms with Crippen molar-refractivity contribution in [2.24, 2.45) is 0 Å². The minimum absolute atomic E-state index is 0.133. The quantitative estimate of drug-likeness (QED) is 0.916. The Morgan fingerprint density at radius 3 is 3.05 bits per heavy atom. The second-order valence-electron chi connectivity index (χ2n) is 5.29. The first kappa shape index (κ1) is 14.2. The summed E-state index contributed by atoms with van der Waals surface area (Å²) in [6, 6.07) is 10.7. The normalized spacial score (nSPS) is 19.0. The van der Waals surface area contributed by atoms with E-state index in [1.807, 2.05) is 6.07 Å². The molecule has 0 spiro atoms.